The number of ether oxygens (including phenoxy) is 3. The van der Waals surface area contributed by atoms with E-state index in [0.29, 0.717) is 19.8 Å². The van der Waals surface area contributed by atoms with Crippen molar-refractivity contribution < 1.29 is 14.2 Å². The minimum Gasteiger partial charge on any atom is -0.488 e. The first kappa shape index (κ1) is 19.4. The highest BCUT2D eigenvalue weighted by Crippen LogP contribution is 2.39. The van der Waals surface area contributed by atoms with Crippen LogP contribution in [0.25, 0.3) is 5.57 Å². The average molecular weight is 386 g/mol. The zero-order valence-electron chi connectivity index (χ0n) is 16.9. The van der Waals surface area contributed by atoms with Gasteiger partial charge in [-0.3, -0.25) is 0 Å². The number of hydrogen-bond acceptors (Lipinski definition) is 3. The molecular weight excluding hydrogens is 360 g/mol. The minimum absolute atomic E-state index is 0.528. The van der Waals surface area contributed by atoms with Crippen LogP contribution in [0.2, 0.25) is 0 Å². The van der Waals surface area contributed by atoms with E-state index in [4.69, 9.17) is 14.2 Å². The van der Waals surface area contributed by atoms with Crippen molar-refractivity contribution in [2.75, 3.05) is 13.2 Å². The average Bonchev–Trinajstić information content (AvgIpc) is 3.22. The van der Waals surface area contributed by atoms with Crippen molar-refractivity contribution >= 4 is 5.57 Å². The lowest BCUT2D eigenvalue weighted by Gasteiger charge is -2.27. The van der Waals surface area contributed by atoms with Gasteiger partial charge in [0, 0.05) is 11.1 Å². The molecule has 0 radical (unpaired) electrons. The lowest BCUT2D eigenvalue weighted by Crippen LogP contribution is -2.24. The van der Waals surface area contributed by atoms with Gasteiger partial charge in [0.05, 0.1) is 13.2 Å². The molecule has 0 saturated carbocycles. The standard InChI is InChI=1S/C26H26O3/c1-3-21(22-13-7-9-15-24(22)26(2)28-17-18-29-26)23-14-8-10-16-25(23)27-19-20-11-5-4-6-12-20/h3-16H,17-19H2,1-2H3/b21-3+. The van der Waals surface area contributed by atoms with Crippen LogP contribution in [0.1, 0.15) is 36.1 Å². The highest BCUT2D eigenvalue weighted by atomic mass is 16.7. The molecule has 0 atom stereocenters. The summed E-state index contributed by atoms with van der Waals surface area (Å²) in [6.45, 7) is 5.78. The second kappa shape index (κ2) is 8.64. The van der Waals surface area contributed by atoms with E-state index < -0.39 is 5.79 Å². The summed E-state index contributed by atoms with van der Waals surface area (Å²) < 4.78 is 18.1. The van der Waals surface area contributed by atoms with Crippen molar-refractivity contribution in [2.24, 2.45) is 0 Å². The Morgan fingerprint density at radius 1 is 0.862 bits per heavy atom. The molecule has 0 amide bonds. The Morgan fingerprint density at radius 2 is 1.48 bits per heavy atom. The summed E-state index contributed by atoms with van der Waals surface area (Å²) in [5.41, 5.74) is 5.42. The third-order valence-corrected chi connectivity index (χ3v) is 5.25. The van der Waals surface area contributed by atoms with Crippen LogP contribution in [0.4, 0.5) is 0 Å². The fourth-order valence-electron chi connectivity index (χ4n) is 3.79. The molecule has 0 aliphatic carbocycles. The first-order valence-electron chi connectivity index (χ1n) is 10.0. The molecule has 1 aliphatic rings. The third kappa shape index (κ3) is 4.12. The molecule has 0 unspecified atom stereocenters. The van der Waals surface area contributed by atoms with E-state index in [1.54, 1.807) is 0 Å². The van der Waals surface area contributed by atoms with Gasteiger partial charge in [-0.25, -0.2) is 0 Å². The highest BCUT2D eigenvalue weighted by molar-refractivity contribution is 5.84. The molecule has 1 aliphatic heterocycles. The van der Waals surface area contributed by atoms with Gasteiger partial charge in [0.2, 0.25) is 0 Å². The number of benzene rings is 3. The Labute approximate surface area is 172 Å². The molecule has 3 aromatic rings. The van der Waals surface area contributed by atoms with E-state index in [1.165, 1.54) is 0 Å². The van der Waals surface area contributed by atoms with Crippen molar-refractivity contribution in [3.8, 4) is 5.75 Å². The summed E-state index contributed by atoms with van der Waals surface area (Å²) >= 11 is 0. The van der Waals surface area contributed by atoms with E-state index in [0.717, 1.165) is 33.6 Å². The smallest absolute Gasteiger partial charge is 0.192 e. The quantitative estimate of drug-likeness (QED) is 0.525. The van der Waals surface area contributed by atoms with Crippen LogP contribution in [-0.2, 0) is 21.9 Å². The molecule has 0 N–H and O–H groups in total. The van der Waals surface area contributed by atoms with Gasteiger partial charge in [-0.2, -0.15) is 0 Å². The van der Waals surface area contributed by atoms with Crippen molar-refractivity contribution in [1.82, 2.24) is 0 Å². The van der Waals surface area contributed by atoms with Crippen molar-refractivity contribution in [2.45, 2.75) is 26.2 Å². The van der Waals surface area contributed by atoms with E-state index in [-0.39, 0.29) is 0 Å². The van der Waals surface area contributed by atoms with Crippen LogP contribution < -0.4 is 4.74 Å². The molecule has 1 fully saturated rings. The van der Waals surface area contributed by atoms with E-state index in [9.17, 15) is 0 Å². The first-order chi connectivity index (χ1) is 14.2. The Bertz CT molecular complexity index is 986. The van der Waals surface area contributed by atoms with Crippen LogP contribution >= 0.6 is 0 Å². The maximum Gasteiger partial charge on any atom is 0.192 e. The number of para-hydroxylation sites is 1. The van der Waals surface area contributed by atoms with Gasteiger partial charge in [0.15, 0.2) is 5.79 Å². The van der Waals surface area contributed by atoms with Gasteiger partial charge in [0.1, 0.15) is 12.4 Å². The number of allylic oxidation sites excluding steroid dienone is 1. The third-order valence-electron chi connectivity index (χ3n) is 5.25. The fraction of sp³-hybridized carbons (Fsp3) is 0.231. The van der Waals surface area contributed by atoms with E-state index in [2.05, 4.69) is 43.3 Å². The fourth-order valence-corrected chi connectivity index (χ4v) is 3.79. The maximum atomic E-state index is 6.21. The van der Waals surface area contributed by atoms with Crippen LogP contribution in [0.15, 0.2) is 84.9 Å². The molecule has 3 aromatic carbocycles. The molecule has 4 rings (SSSR count). The molecule has 0 bridgehead atoms. The Kier molecular flexibility index (Phi) is 5.79. The molecular formula is C26H26O3. The predicted molar refractivity (Wildman–Crippen MR) is 116 cm³/mol. The zero-order valence-corrected chi connectivity index (χ0v) is 16.9. The first-order valence-corrected chi connectivity index (χ1v) is 10.0. The summed E-state index contributed by atoms with van der Waals surface area (Å²) in [7, 11) is 0. The summed E-state index contributed by atoms with van der Waals surface area (Å²) in [6, 6.07) is 26.7. The Morgan fingerprint density at radius 3 is 2.21 bits per heavy atom. The lowest BCUT2D eigenvalue weighted by atomic mass is 9.90. The monoisotopic (exact) mass is 386 g/mol. The summed E-state index contributed by atoms with van der Waals surface area (Å²) in [6.07, 6.45) is 2.13. The van der Waals surface area contributed by atoms with Gasteiger partial charge >= 0.3 is 0 Å². The van der Waals surface area contributed by atoms with Crippen LogP contribution in [0, 0.1) is 0 Å². The predicted octanol–water partition coefficient (Wildman–Crippen LogP) is 5.94. The molecule has 1 saturated heterocycles. The van der Waals surface area contributed by atoms with Crippen LogP contribution in [0.3, 0.4) is 0 Å². The van der Waals surface area contributed by atoms with Gasteiger partial charge in [-0.05, 0) is 36.6 Å². The largest absolute Gasteiger partial charge is 0.488 e. The number of hydrogen-bond donors (Lipinski definition) is 0. The van der Waals surface area contributed by atoms with Crippen molar-refractivity contribution in [3.63, 3.8) is 0 Å². The molecule has 148 valence electrons. The Balaban J connectivity index is 1.70. The topological polar surface area (TPSA) is 27.7 Å². The molecule has 0 aromatic heterocycles. The summed E-state index contributed by atoms with van der Waals surface area (Å²) in [5, 5.41) is 0. The normalized spacial score (nSPS) is 16.0. The molecule has 0 spiro atoms. The molecule has 3 nitrogen and oxygen atoms in total. The Hall–Kier alpha value is -2.88. The second-order valence-electron chi connectivity index (χ2n) is 7.16. The van der Waals surface area contributed by atoms with E-state index >= 15 is 0 Å². The summed E-state index contributed by atoms with van der Waals surface area (Å²) in [4.78, 5) is 0. The minimum atomic E-state index is -0.731. The second-order valence-corrected chi connectivity index (χ2v) is 7.16. The van der Waals surface area contributed by atoms with Gasteiger partial charge < -0.3 is 14.2 Å². The van der Waals surface area contributed by atoms with Crippen LogP contribution in [0.5, 0.6) is 5.75 Å². The SMILES string of the molecule is C/C=C(/c1ccccc1OCc1ccccc1)c1ccccc1C1(C)OCCO1. The van der Waals surface area contributed by atoms with Gasteiger partial charge in [-0.1, -0.05) is 78.9 Å². The van der Waals surface area contributed by atoms with Gasteiger partial charge in [-0.15, -0.1) is 0 Å². The highest BCUT2D eigenvalue weighted by Gasteiger charge is 2.35. The molecule has 3 heteroatoms. The van der Waals surface area contributed by atoms with E-state index in [1.807, 2.05) is 55.5 Å². The number of rotatable bonds is 6. The van der Waals surface area contributed by atoms with Crippen LogP contribution in [-0.4, -0.2) is 13.2 Å². The molecule has 1 heterocycles. The molecule has 29 heavy (non-hydrogen) atoms. The van der Waals surface area contributed by atoms with Crippen molar-refractivity contribution in [1.29, 1.82) is 0 Å². The zero-order chi connectivity index (χ0) is 20.1. The maximum absolute atomic E-state index is 6.21. The van der Waals surface area contributed by atoms with Crippen molar-refractivity contribution in [3.05, 3.63) is 107 Å². The van der Waals surface area contributed by atoms with Gasteiger partial charge in [0.25, 0.3) is 0 Å². The lowest BCUT2D eigenvalue weighted by molar-refractivity contribution is -0.149. The summed E-state index contributed by atoms with van der Waals surface area (Å²) in [5.74, 6) is 0.127.